The molecule has 4 aromatic rings. The largest absolute Gasteiger partial charge is 0.401 e. The molecule has 1 fully saturated rings. The maximum absolute atomic E-state index is 7.83. The van der Waals surface area contributed by atoms with Gasteiger partial charge in [-0.15, -0.1) is 12.3 Å². The molecule has 3 nitrogen and oxygen atoms in total. The SMILES string of the molecule is C#CCCN1C[C@H](O[Si](c2ccccc2)(c2ccccc2)C(C)(C)C)[C@@H](O[Si](c2ccccc2)(c2ccccc2)C(C)(C)C)C1. The standard InChI is InChI=1S/C40H49NO2Si2/c1-8-9-30-41-31-37(42-44(39(2,3)4,33-22-14-10-15-23-33)34-24-16-11-17-25-34)38(32-41)43-45(40(5,6)7,35-26-18-12-19-27-35)36-28-20-13-21-29-36/h1,10-29,37-38H,9,30-32H2,2-7H3/t37-,38-/m0/s1. The Bertz CT molecular complexity index is 1350. The molecule has 1 aliphatic heterocycles. The number of hydrogen-bond donors (Lipinski definition) is 0. The Hall–Kier alpha value is -3.25. The Morgan fingerprint density at radius 1 is 0.578 bits per heavy atom. The van der Waals surface area contributed by atoms with E-state index in [2.05, 4.69) is 174 Å². The molecule has 1 heterocycles. The maximum Gasteiger partial charge on any atom is 0.261 e. The predicted octanol–water partition coefficient (Wildman–Crippen LogP) is 6.22. The fourth-order valence-corrected chi connectivity index (χ4v) is 16.7. The van der Waals surface area contributed by atoms with Gasteiger partial charge in [0.1, 0.15) is 0 Å². The van der Waals surface area contributed by atoms with Gasteiger partial charge in [0.15, 0.2) is 0 Å². The maximum atomic E-state index is 7.83. The summed E-state index contributed by atoms with van der Waals surface area (Å²) < 4.78 is 15.7. The van der Waals surface area contributed by atoms with Crippen LogP contribution in [0.25, 0.3) is 0 Å². The Morgan fingerprint density at radius 2 is 0.867 bits per heavy atom. The molecule has 0 spiro atoms. The van der Waals surface area contributed by atoms with E-state index in [4.69, 9.17) is 15.3 Å². The van der Waals surface area contributed by atoms with Crippen LogP contribution in [0.1, 0.15) is 48.0 Å². The Labute approximate surface area is 273 Å². The highest BCUT2D eigenvalue weighted by atomic mass is 28.4. The molecule has 2 atom stereocenters. The van der Waals surface area contributed by atoms with Gasteiger partial charge in [-0.05, 0) is 30.8 Å². The van der Waals surface area contributed by atoms with Crippen LogP contribution in [-0.2, 0) is 8.85 Å². The molecule has 5 heteroatoms. The van der Waals surface area contributed by atoms with Crippen molar-refractivity contribution in [1.82, 2.24) is 4.90 Å². The first-order valence-electron chi connectivity index (χ1n) is 16.3. The smallest absolute Gasteiger partial charge is 0.261 e. The summed E-state index contributed by atoms with van der Waals surface area (Å²) >= 11 is 0. The molecule has 1 aliphatic rings. The summed E-state index contributed by atoms with van der Waals surface area (Å²) in [4.78, 5) is 2.46. The molecule has 0 saturated carbocycles. The van der Waals surface area contributed by atoms with Crippen molar-refractivity contribution < 1.29 is 8.85 Å². The van der Waals surface area contributed by atoms with Crippen LogP contribution < -0.4 is 20.7 Å². The number of terminal acetylenes is 1. The predicted molar refractivity (Wildman–Crippen MR) is 195 cm³/mol. The lowest BCUT2D eigenvalue weighted by molar-refractivity contribution is 0.0772. The summed E-state index contributed by atoms with van der Waals surface area (Å²) in [5.74, 6) is 2.87. The molecule has 0 unspecified atom stereocenters. The topological polar surface area (TPSA) is 21.7 Å². The van der Waals surface area contributed by atoms with Crippen molar-refractivity contribution in [3.8, 4) is 12.3 Å². The van der Waals surface area contributed by atoms with E-state index in [0.29, 0.717) is 6.42 Å². The van der Waals surface area contributed by atoms with E-state index in [1.54, 1.807) is 0 Å². The van der Waals surface area contributed by atoms with Crippen molar-refractivity contribution in [3.63, 3.8) is 0 Å². The Balaban J connectivity index is 1.68. The molecule has 0 bridgehead atoms. The first kappa shape index (κ1) is 33.1. The van der Waals surface area contributed by atoms with Crippen molar-refractivity contribution in [2.24, 2.45) is 0 Å². The molecule has 45 heavy (non-hydrogen) atoms. The third-order valence-electron chi connectivity index (χ3n) is 9.35. The van der Waals surface area contributed by atoms with Crippen molar-refractivity contribution in [3.05, 3.63) is 121 Å². The van der Waals surface area contributed by atoms with Crippen LogP contribution in [0.5, 0.6) is 0 Å². The quantitative estimate of drug-likeness (QED) is 0.153. The number of likely N-dealkylation sites (tertiary alicyclic amines) is 1. The lowest BCUT2D eigenvalue weighted by Gasteiger charge is -2.48. The second-order valence-electron chi connectivity index (χ2n) is 14.4. The summed E-state index contributed by atoms with van der Waals surface area (Å²) in [6.07, 6.45) is 6.22. The van der Waals surface area contributed by atoms with Gasteiger partial charge < -0.3 is 8.85 Å². The fraction of sp³-hybridized carbons (Fsp3) is 0.350. The first-order valence-corrected chi connectivity index (χ1v) is 20.1. The summed E-state index contributed by atoms with van der Waals surface area (Å²) in [5, 5.41) is 4.88. The van der Waals surface area contributed by atoms with Crippen LogP contribution in [-0.4, -0.2) is 53.4 Å². The van der Waals surface area contributed by atoms with Gasteiger partial charge in [-0.1, -0.05) is 163 Å². The summed E-state index contributed by atoms with van der Waals surface area (Å²) in [6.45, 7) is 16.5. The van der Waals surface area contributed by atoms with Gasteiger partial charge in [0.2, 0.25) is 0 Å². The molecule has 0 N–H and O–H groups in total. The molecule has 1 saturated heterocycles. The minimum Gasteiger partial charge on any atom is -0.401 e. The van der Waals surface area contributed by atoms with Crippen molar-refractivity contribution in [2.75, 3.05) is 19.6 Å². The van der Waals surface area contributed by atoms with Gasteiger partial charge in [-0.2, -0.15) is 0 Å². The minimum atomic E-state index is -2.83. The van der Waals surface area contributed by atoms with Crippen LogP contribution in [0.2, 0.25) is 10.1 Å². The zero-order valence-corrected chi connectivity index (χ0v) is 29.9. The van der Waals surface area contributed by atoms with Crippen molar-refractivity contribution >= 4 is 37.4 Å². The van der Waals surface area contributed by atoms with Gasteiger partial charge >= 0.3 is 0 Å². The Morgan fingerprint density at radius 3 is 1.11 bits per heavy atom. The average molecular weight is 632 g/mol. The zero-order valence-electron chi connectivity index (χ0n) is 27.9. The molecular formula is C40H49NO2Si2. The molecule has 0 aliphatic carbocycles. The molecule has 5 rings (SSSR count). The number of hydrogen-bond acceptors (Lipinski definition) is 3. The molecule has 4 aromatic carbocycles. The van der Waals surface area contributed by atoms with Crippen LogP contribution in [0.15, 0.2) is 121 Å². The van der Waals surface area contributed by atoms with Gasteiger partial charge in [-0.25, -0.2) is 0 Å². The second kappa shape index (κ2) is 13.6. The molecule has 0 radical (unpaired) electrons. The second-order valence-corrected chi connectivity index (χ2v) is 22.9. The third kappa shape index (κ3) is 6.54. The zero-order chi connectivity index (χ0) is 32.1. The van der Waals surface area contributed by atoms with Gasteiger partial charge in [0, 0.05) is 26.1 Å². The highest BCUT2D eigenvalue weighted by Gasteiger charge is 2.57. The van der Waals surface area contributed by atoms with Gasteiger partial charge in [0.05, 0.1) is 12.2 Å². The van der Waals surface area contributed by atoms with E-state index < -0.39 is 16.6 Å². The van der Waals surface area contributed by atoms with E-state index in [1.807, 2.05) is 0 Å². The van der Waals surface area contributed by atoms with Crippen molar-refractivity contribution in [2.45, 2.75) is 70.2 Å². The van der Waals surface area contributed by atoms with E-state index >= 15 is 0 Å². The summed E-state index contributed by atoms with van der Waals surface area (Å²) in [6, 6.07) is 43.8. The molecular weight excluding hydrogens is 583 g/mol. The highest BCUT2D eigenvalue weighted by molar-refractivity contribution is 7.00. The number of rotatable bonds is 10. The highest BCUT2D eigenvalue weighted by Crippen LogP contribution is 2.42. The average Bonchev–Trinajstić information content (AvgIpc) is 3.42. The minimum absolute atomic E-state index is 0.129. The van der Waals surface area contributed by atoms with E-state index in [-0.39, 0.29) is 22.3 Å². The van der Waals surface area contributed by atoms with Crippen molar-refractivity contribution in [1.29, 1.82) is 0 Å². The summed E-state index contributed by atoms with van der Waals surface area (Å²) in [5.41, 5.74) is 0. The number of benzene rings is 4. The van der Waals surface area contributed by atoms with E-state index in [9.17, 15) is 0 Å². The molecule has 0 amide bonds. The monoisotopic (exact) mass is 631 g/mol. The van der Waals surface area contributed by atoms with Gasteiger partial charge in [-0.3, -0.25) is 4.90 Å². The van der Waals surface area contributed by atoms with Gasteiger partial charge in [0.25, 0.3) is 16.6 Å². The van der Waals surface area contributed by atoms with Crippen LogP contribution in [0.3, 0.4) is 0 Å². The molecule has 234 valence electrons. The lowest BCUT2D eigenvalue weighted by atomic mass is 10.2. The fourth-order valence-electron chi connectivity index (χ4n) is 7.29. The third-order valence-corrected chi connectivity index (χ3v) is 19.5. The lowest BCUT2D eigenvalue weighted by Crippen LogP contribution is -2.71. The van der Waals surface area contributed by atoms with Crippen LogP contribution in [0, 0.1) is 12.3 Å². The first-order chi connectivity index (χ1) is 21.5. The normalized spacial score (nSPS) is 18.1. The summed E-state index contributed by atoms with van der Waals surface area (Å²) in [7, 11) is -5.66. The van der Waals surface area contributed by atoms with Crippen LogP contribution in [0.4, 0.5) is 0 Å². The van der Waals surface area contributed by atoms with E-state index in [1.165, 1.54) is 20.7 Å². The Kier molecular flexibility index (Phi) is 10.0. The molecule has 0 aromatic heterocycles. The van der Waals surface area contributed by atoms with Crippen LogP contribution >= 0.6 is 0 Å². The van der Waals surface area contributed by atoms with E-state index in [0.717, 1.165) is 19.6 Å². The number of nitrogens with zero attached hydrogens (tertiary/aromatic N) is 1.